The Labute approximate surface area is 178 Å². The summed E-state index contributed by atoms with van der Waals surface area (Å²) < 4.78 is 13.9. The van der Waals surface area contributed by atoms with Gasteiger partial charge < -0.3 is 24.7 Å². The molecule has 8 nitrogen and oxygen atoms in total. The van der Waals surface area contributed by atoms with E-state index in [1.54, 1.807) is 7.11 Å². The number of nitrogens with two attached hydrogens (primary N) is 1. The standard InChI is InChI=1S/C22H34N6O2/c1-29-14-13-26-11-7-22(8-12-26)6-2-9-27(22)15-17-3-4-19(30-17)28-10-5-18-20(23)24-16-25-21(18)28/h5,10,16-17,19H,2-4,6-9,11-15H2,1H3,(H2,23,24,25). The Hall–Kier alpha value is -1.74. The normalized spacial score (nSPS) is 27.5. The SMILES string of the molecule is COCCN1CCC2(CCCN2CC2CCC(n3ccc4c(N)ncnc43)O2)CC1. The molecule has 0 aliphatic carbocycles. The number of nitrogens with zero attached hydrogens (tertiary/aromatic N) is 5. The first-order valence-corrected chi connectivity index (χ1v) is 11.4. The zero-order chi connectivity index (χ0) is 20.6. The van der Waals surface area contributed by atoms with E-state index in [2.05, 4.69) is 24.3 Å². The van der Waals surface area contributed by atoms with Crippen LogP contribution in [-0.4, -0.2) is 82.4 Å². The minimum atomic E-state index is 0.0382. The van der Waals surface area contributed by atoms with Crippen molar-refractivity contribution in [3.8, 4) is 0 Å². The highest BCUT2D eigenvalue weighted by Crippen LogP contribution is 2.40. The van der Waals surface area contributed by atoms with Crippen molar-refractivity contribution in [1.29, 1.82) is 0 Å². The molecule has 2 N–H and O–H groups in total. The number of likely N-dealkylation sites (tertiary alicyclic amines) is 2. The Morgan fingerprint density at radius 1 is 1.20 bits per heavy atom. The zero-order valence-electron chi connectivity index (χ0n) is 18.0. The van der Waals surface area contributed by atoms with Crippen molar-refractivity contribution in [3.05, 3.63) is 18.6 Å². The van der Waals surface area contributed by atoms with E-state index in [4.69, 9.17) is 15.2 Å². The van der Waals surface area contributed by atoms with Crippen LogP contribution < -0.4 is 5.73 Å². The Balaban J connectivity index is 1.21. The summed E-state index contributed by atoms with van der Waals surface area (Å²) in [6.45, 7) is 6.51. The van der Waals surface area contributed by atoms with Gasteiger partial charge in [-0.25, -0.2) is 9.97 Å². The molecule has 30 heavy (non-hydrogen) atoms. The van der Waals surface area contributed by atoms with Crippen LogP contribution in [0.3, 0.4) is 0 Å². The molecule has 0 amide bonds. The number of anilines is 1. The first-order chi connectivity index (χ1) is 14.7. The smallest absolute Gasteiger partial charge is 0.147 e. The van der Waals surface area contributed by atoms with Crippen molar-refractivity contribution in [2.24, 2.45) is 0 Å². The van der Waals surface area contributed by atoms with Crippen LogP contribution in [0.4, 0.5) is 5.82 Å². The van der Waals surface area contributed by atoms with E-state index in [-0.39, 0.29) is 12.3 Å². The summed E-state index contributed by atoms with van der Waals surface area (Å²) in [6, 6.07) is 1.99. The molecule has 3 aliphatic rings. The quantitative estimate of drug-likeness (QED) is 0.776. The molecule has 0 radical (unpaired) electrons. The molecule has 2 unspecified atom stereocenters. The predicted molar refractivity (Wildman–Crippen MR) is 116 cm³/mol. The average molecular weight is 415 g/mol. The lowest BCUT2D eigenvalue weighted by Crippen LogP contribution is -2.54. The number of rotatable bonds is 6. The maximum Gasteiger partial charge on any atom is 0.147 e. The molecule has 8 heteroatoms. The van der Waals surface area contributed by atoms with E-state index < -0.39 is 0 Å². The molecule has 1 spiro atoms. The lowest BCUT2D eigenvalue weighted by atomic mass is 9.84. The van der Waals surface area contributed by atoms with Crippen LogP contribution in [0.15, 0.2) is 18.6 Å². The third kappa shape index (κ3) is 3.70. The average Bonchev–Trinajstić information content (AvgIpc) is 3.48. The van der Waals surface area contributed by atoms with Crippen molar-refractivity contribution in [2.45, 2.75) is 56.4 Å². The third-order valence-corrected chi connectivity index (χ3v) is 7.50. The highest BCUT2D eigenvalue weighted by molar-refractivity contribution is 5.86. The second-order valence-electron chi connectivity index (χ2n) is 9.12. The van der Waals surface area contributed by atoms with Crippen LogP contribution in [0.25, 0.3) is 11.0 Å². The van der Waals surface area contributed by atoms with E-state index in [1.807, 2.05) is 12.3 Å². The van der Waals surface area contributed by atoms with Gasteiger partial charge in [-0.2, -0.15) is 0 Å². The molecule has 0 bridgehead atoms. The maximum atomic E-state index is 6.52. The molecule has 2 aromatic rings. The fourth-order valence-electron chi connectivity index (χ4n) is 5.75. The van der Waals surface area contributed by atoms with Gasteiger partial charge in [0.05, 0.1) is 18.1 Å². The Bertz CT molecular complexity index is 862. The van der Waals surface area contributed by atoms with Gasteiger partial charge in [0.25, 0.3) is 0 Å². The molecule has 5 heterocycles. The van der Waals surface area contributed by atoms with E-state index in [0.29, 0.717) is 11.4 Å². The topological polar surface area (TPSA) is 81.7 Å². The highest BCUT2D eigenvalue weighted by atomic mass is 16.5. The van der Waals surface area contributed by atoms with Crippen molar-refractivity contribution in [2.75, 3.05) is 52.2 Å². The lowest BCUT2D eigenvalue weighted by molar-refractivity contribution is -0.0344. The van der Waals surface area contributed by atoms with Crippen LogP contribution in [0, 0.1) is 0 Å². The molecule has 3 aliphatic heterocycles. The van der Waals surface area contributed by atoms with Crippen LogP contribution in [0.1, 0.15) is 44.8 Å². The Morgan fingerprint density at radius 3 is 2.90 bits per heavy atom. The summed E-state index contributed by atoms with van der Waals surface area (Å²) in [5.74, 6) is 0.532. The van der Waals surface area contributed by atoms with Gasteiger partial charge in [-0.3, -0.25) is 4.90 Å². The molecule has 3 saturated heterocycles. The molecule has 0 saturated carbocycles. The molecule has 2 atom stereocenters. The van der Waals surface area contributed by atoms with Crippen LogP contribution in [0.2, 0.25) is 0 Å². The molecular formula is C22H34N6O2. The van der Waals surface area contributed by atoms with Gasteiger partial charge >= 0.3 is 0 Å². The van der Waals surface area contributed by atoms with E-state index in [9.17, 15) is 0 Å². The molecule has 5 rings (SSSR count). The van der Waals surface area contributed by atoms with Crippen LogP contribution in [0.5, 0.6) is 0 Å². The van der Waals surface area contributed by atoms with Crippen molar-refractivity contribution < 1.29 is 9.47 Å². The number of hydrogen-bond acceptors (Lipinski definition) is 7. The third-order valence-electron chi connectivity index (χ3n) is 7.50. The van der Waals surface area contributed by atoms with Gasteiger partial charge in [0, 0.05) is 31.9 Å². The molecule has 3 fully saturated rings. The van der Waals surface area contributed by atoms with Gasteiger partial charge in [0.15, 0.2) is 0 Å². The van der Waals surface area contributed by atoms with Crippen molar-refractivity contribution in [3.63, 3.8) is 0 Å². The predicted octanol–water partition coefficient (Wildman–Crippen LogP) is 2.27. The highest BCUT2D eigenvalue weighted by Gasteiger charge is 2.44. The molecule has 164 valence electrons. The minimum absolute atomic E-state index is 0.0382. The first kappa shape index (κ1) is 20.2. The number of nitrogen functional groups attached to an aromatic ring is 1. The summed E-state index contributed by atoms with van der Waals surface area (Å²) in [5, 5.41) is 0.906. The van der Waals surface area contributed by atoms with Gasteiger partial charge in [0.1, 0.15) is 24.0 Å². The minimum Gasteiger partial charge on any atom is -0.383 e. The number of hydrogen-bond donors (Lipinski definition) is 1. The Morgan fingerprint density at radius 2 is 2.07 bits per heavy atom. The number of ether oxygens (including phenoxy) is 2. The molecule has 0 aromatic carbocycles. The summed E-state index contributed by atoms with van der Waals surface area (Å²) in [5.41, 5.74) is 7.25. The fraction of sp³-hybridized carbons (Fsp3) is 0.727. The number of methoxy groups -OCH3 is 1. The van der Waals surface area contributed by atoms with E-state index in [0.717, 1.165) is 43.6 Å². The number of aromatic nitrogens is 3. The van der Waals surface area contributed by atoms with Gasteiger partial charge in [0.2, 0.25) is 0 Å². The van der Waals surface area contributed by atoms with Crippen LogP contribution >= 0.6 is 0 Å². The monoisotopic (exact) mass is 414 g/mol. The van der Waals surface area contributed by atoms with Gasteiger partial charge in [-0.15, -0.1) is 0 Å². The summed E-state index contributed by atoms with van der Waals surface area (Å²) in [6.07, 6.45) is 11.2. The second-order valence-corrected chi connectivity index (χ2v) is 9.12. The van der Waals surface area contributed by atoms with E-state index in [1.165, 1.54) is 51.6 Å². The zero-order valence-corrected chi connectivity index (χ0v) is 18.0. The van der Waals surface area contributed by atoms with Crippen molar-refractivity contribution in [1.82, 2.24) is 24.3 Å². The van der Waals surface area contributed by atoms with Crippen molar-refractivity contribution >= 4 is 16.9 Å². The maximum absolute atomic E-state index is 6.52. The van der Waals surface area contributed by atoms with Gasteiger partial charge in [-0.05, 0) is 64.2 Å². The second kappa shape index (κ2) is 8.42. The lowest BCUT2D eigenvalue weighted by Gasteiger charge is -2.45. The van der Waals surface area contributed by atoms with E-state index >= 15 is 0 Å². The summed E-state index contributed by atoms with van der Waals surface area (Å²) in [7, 11) is 1.79. The summed E-state index contributed by atoms with van der Waals surface area (Å²) in [4.78, 5) is 13.8. The molecular weight excluding hydrogens is 380 g/mol. The Kier molecular flexibility index (Phi) is 5.66. The van der Waals surface area contributed by atoms with Crippen LogP contribution in [-0.2, 0) is 9.47 Å². The summed E-state index contributed by atoms with van der Waals surface area (Å²) >= 11 is 0. The number of piperidine rings is 1. The molecule has 2 aromatic heterocycles. The van der Waals surface area contributed by atoms with Gasteiger partial charge in [-0.1, -0.05) is 0 Å². The number of fused-ring (bicyclic) bond motifs is 1. The largest absolute Gasteiger partial charge is 0.383 e. The first-order valence-electron chi connectivity index (χ1n) is 11.4. The fourth-order valence-corrected chi connectivity index (χ4v) is 5.75.